The molecule has 7 nitrogen and oxygen atoms in total. The SMILES string of the molecule is CC(=O)N(CC(=O)O)[C@H]1CCCN(C(=O)c2ccc[nH]2)CC1. The standard InChI is InChI=1S/C15H21N3O4/c1-11(19)18(10-14(20)21)12-4-3-8-17(9-6-12)15(22)13-5-2-7-16-13/h2,5,7,12,16H,3-4,6,8-10H2,1H3,(H,20,21)/t12-/m0/s1. The maximum absolute atomic E-state index is 12.3. The van der Waals surface area contributed by atoms with E-state index in [9.17, 15) is 14.4 Å². The van der Waals surface area contributed by atoms with E-state index >= 15 is 0 Å². The molecule has 0 aromatic carbocycles. The summed E-state index contributed by atoms with van der Waals surface area (Å²) in [5.41, 5.74) is 0.549. The Kier molecular flexibility index (Phi) is 5.19. The zero-order chi connectivity index (χ0) is 16.1. The summed E-state index contributed by atoms with van der Waals surface area (Å²) in [7, 11) is 0. The molecule has 0 saturated carbocycles. The van der Waals surface area contributed by atoms with Crippen molar-refractivity contribution in [2.45, 2.75) is 32.2 Å². The first-order chi connectivity index (χ1) is 10.5. The van der Waals surface area contributed by atoms with Gasteiger partial charge in [-0.1, -0.05) is 0 Å². The highest BCUT2D eigenvalue weighted by Crippen LogP contribution is 2.18. The Morgan fingerprint density at radius 1 is 1.36 bits per heavy atom. The van der Waals surface area contributed by atoms with Gasteiger partial charge in [0.15, 0.2) is 0 Å². The fourth-order valence-electron chi connectivity index (χ4n) is 2.87. The number of carbonyl (C=O) groups is 3. The van der Waals surface area contributed by atoms with Crippen molar-refractivity contribution in [2.24, 2.45) is 0 Å². The second-order valence-corrected chi connectivity index (χ2v) is 5.50. The summed E-state index contributed by atoms with van der Waals surface area (Å²) < 4.78 is 0. The van der Waals surface area contributed by atoms with Gasteiger partial charge >= 0.3 is 5.97 Å². The van der Waals surface area contributed by atoms with Gasteiger partial charge in [0, 0.05) is 32.3 Å². The number of carbonyl (C=O) groups excluding carboxylic acids is 2. The van der Waals surface area contributed by atoms with Crippen LogP contribution in [0.1, 0.15) is 36.7 Å². The van der Waals surface area contributed by atoms with E-state index in [0.29, 0.717) is 31.6 Å². The van der Waals surface area contributed by atoms with Gasteiger partial charge in [0.1, 0.15) is 12.2 Å². The summed E-state index contributed by atoms with van der Waals surface area (Å²) in [6.07, 6.45) is 3.76. The summed E-state index contributed by atoms with van der Waals surface area (Å²) in [4.78, 5) is 40.9. The molecule has 22 heavy (non-hydrogen) atoms. The number of aromatic nitrogens is 1. The number of nitrogens with one attached hydrogen (secondary N) is 1. The molecular formula is C15H21N3O4. The topological polar surface area (TPSA) is 93.7 Å². The highest BCUT2D eigenvalue weighted by atomic mass is 16.4. The monoisotopic (exact) mass is 307 g/mol. The van der Waals surface area contributed by atoms with Gasteiger partial charge in [-0.15, -0.1) is 0 Å². The van der Waals surface area contributed by atoms with Crippen LogP contribution in [0.5, 0.6) is 0 Å². The minimum absolute atomic E-state index is 0.0572. The van der Waals surface area contributed by atoms with Crippen molar-refractivity contribution in [3.63, 3.8) is 0 Å². The highest BCUT2D eigenvalue weighted by Gasteiger charge is 2.28. The first kappa shape index (κ1) is 16.1. The third-order valence-electron chi connectivity index (χ3n) is 3.96. The Balaban J connectivity index is 2.01. The molecular weight excluding hydrogens is 286 g/mol. The summed E-state index contributed by atoms with van der Waals surface area (Å²) in [5, 5.41) is 8.94. The molecule has 120 valence electrons. The van der Waals surface area contributed by atoms with Gasteiger partial charge in [-0.2, -0.15) is 0 Å². The minimum atomic E-state index is -1.02. The fraction of sp³-hybridized carbons (Fsp3) is 0.533. The van der Waals surface area contributed by atoms with Gasteiger partial charge in [0.05, 0.1) is 0 Å². The number of carboxylic acids is 1. The zero-order valence-corrected chi connectivity index (χ0v) is 12.6. The maximum Gasteiger partial charge on any atom is 0.323 e. The molecule has 0 bridgehead atoms. The lowest BCUT2D eigenvalue weighted by Gasteiger charge is -2.28. The molecule has 0 aliphatic carbocycles. The number of hydrogen-bond donors (Lipinski definition) is 2. The number of H-pyrrole nitrogens is 1. The van der Waals surface area contributed by atoms with Crippen LogP contribution in [0.4, 0.5) is 0 Å². The molecule has 1 fully saturated rings. The van der Waals surface area contributed by atoms with Gasteiger partial charge < -0.3 is 19.9 Å². The third kappa shape index (κ3) is 3.87. The fourth-order valence-corrected chi connectivity index (χ4v) is 2.87. The number of rotatable bonds is 4. The van der Waals surface area contributed by atoms with Crippen molar-refractivity contribution in [1.29, 1.82) is 0 Å². The predicted octanol–water partition coefficient (Wildman–Crippen LogP) is 0.942. The van der Waals surface area contributed by atoms with E-state index in [1.54, 1.807) is 23.2 Å². The average molecular weight is 307 g/mol. The molecule has 1 atom stereocenters. The quantitative estimate of drug-likeness (QED) is 0.865. The zero-order valence-electron chi connectivity index (χ0n) is 12.6. The Hall–Kier alpha value is -2.31. The Morgan fingerprint density at radius 3 is 2.73 bits per heavy atom. The molecule has 1 aliphatic rings. The lowest BCUT2D eigenvalue weighted by Crippen LogP contribution is -2.43. The van der Waals surface area contributed by atoms with Gasteiger partial charge in [-0.25, -0.2) is 0 Å². The number of likely N-dealkylation sites (tertiary alicyclic amines) is 1. The molecule has 2 amide bonds. The summed E-state index contributed by atoms with van der Waals surface area (Å²) >= 11 is 0. The van der Waals surface area contributed by atoms with Crippen LogP contribution >= 0.6 is 0 Å². The summed E-state index contributed by atoms with van der Waals surface area (Å²) in [6.45, 7) is 2.24. The van der Waals surface area contributed by atoms with Crippen LogP contribution in [-0.4, -0.2) is 63.4 Å². The Labute approximate surface area is 128 Å². The first-order valence-electron chi connectivity index (χ1n) is 7.40. The van der Waals surface area contributed by atoms with E-state index in [-0.39, 0.29) is 24.4 Å². The van der Waals surface area contributed by atoms with E-state index in [1.807, 2.05) is 0 Å². The molecule has 2 heterocycles. The molecule has 7 heteroatoms. The van der Waals surface area contributed by atoms with Crippen molar-refractivity contribution in [3.8, 4) is 0 Å². The molecule has 2 N–H and O–H groups in total. The lowest BCUT2D eigenvalue weighted by molar-refractivity contribution is -0.145. The number of aliphatic carboxylic acids is 1. The van der Waals surface area contributed by atoms with Crippen molar-refractivity contribution in [3.05, 3.63) is 24.0 Å². The predicted molar refractivity (Wildman–Crippen MR) is 79.4 cm³/mol. The van der Waals surface area contributed by atoms with Crippen molar-refractivity contribution in [1.82, 2.24) is 14.8 Å². The second kappa shape index (κ2) is 7.11. The van der Waals surface area contributed by atoms with Crippen LogP contribution in [0.25, 0.3) is 0 Å². The molecule has 1 aliphatic heterocycles. The largest absolute Gasteiger partial charge is 0.480 e. The number of hydrogen-bond acceptors (Lipinski definition) is 3. The van der Waals surface area contributed by atoms with Crippen LogP contribution in [0.15, 0.2) is 18.3 Å². The molecule has 1 aromatic rings. The second-order valence-electron chi connectivity index (χ2n) is 5.50. The summed E-state index contributed by atoms with van der Waals surface area (Å²) in [5.74, 6) is -1.31. The normalized spacial score (nSPS) is 18.6. The highest BCUT2D eigenvalue weighted by molar-refractivity contribution is 5.92. The van der Waals surface area contributed by atoms with E-state index in [0.717, 1.165) is 6.42 Å². The van der Waals surface area contributed by atoms with Crippen molar-refractivity contribution in [2.75, 3.05) is 19.6 Å². The van der Waals surface area contributed by atoms with E-state index in [4.69, 9.17) is 5.11 Å². The Bertz CT molecular complexity index is 541. The van der Waals surface area contributed by atoms with Crippen LogP contribution < -0.4 is 0 Å². The number of aromatic amines is 1. The van der Waals surface area contributed by atoms with Crippen LogP contribution in [0, 0.1) is 0 Å². The van der Waals surface area contributed by atoms with Crippen molar-refractivity contribution >= 4 is 17.8 Å². The van der Waals surface area contributed by atoms with Gasteiger partial charge in [-0.3, -0.25) is 14.4 Å². The number of carboxylic acid groups (broad SMARTS) is 1. The first-order valence-corrected chi connectivity index (χ1v) is 7.40. The number of nitrogens with zero attached hydrogens (tertiary/aromatic N) is 2. The molecule has 0 radical (unpaired) electrons. The van der Waals surface area contributed by atoms with Crippen molar-refractivity contribution < 1.29 is 19.5 Å². The molecule has 1 saturated heterocycles. The van der Waals surface area contributed by atoms with E-state index < -0.39 is 5.97 Å². The van der Waals surface area contributed by atoms with Crippen LogP contribution in [0.2, 0.25) is 0 Å². The lowest BCUT2D eigenvalue weighted by atomic mass is 10.1. The smallest absolute Gasteiger partial charge is 0.323 e. The Morgan fingerprint density at radius 2 is 2.14 bits per heavy atom. The molecule has 0 unspecified atom stereocenters. The minimum Gasteiger partial charge on any atom is -0.480 e. The van der Waals surface area contributed by atoms with E-state index in [2.05, 4.69) is 4.98 Å². The number of amides is 2. The molecule has 2 rings (SSSR count). The maximum atomic E-state index is 12.3. The van der Waals surface area contributed by atoms with Gasteiger partial charge in [0.25, 0.3) is 5.91 Å². The van der Waals surface area contributed by atoms with Gasteiger partial charge in [-0.05, 0) is 31.4 Å². The molecule has 1 aromatic heterocycles. The van der Waals surface area contributed by atoms with Crippen LogP contribution in [-0.2, 0) is 9.59 Å². The third-order valence-corrected chi connectivity index (χ3v) is 3.96. The van der Waals surface area contributed by atoms with Crippen LogP contribution in [0.3, 0.4) is 0 Å². The molecule has 0 spiro atoms. The van der Waals surface area contributed by atoms with Gasteiger partial charge in [0.2, 0.25) is 5.91 Å². The summed E-state index contributed by atoms with van der Waals surface area (Å²) in [6, 6.07) is 3.38. The average Bonchev–Trinajstić information content (AvgIpc) is 2.89. The van der Waals surface area contributed by atoms with E-state index in [1.165, 1.54) is 11.8 Å².